The molecule has 4 nitrogen and oxygen atoms in total. The second kappa shape index (κ2) is 5.29. The van der Waals surface area contributed by atoms with Crippen molar-refractivity contribution in [2.45, 2.75) is 6.10 Å². The molecule has 1 atom stereocenters. The SMILES string of the molecule is C=C(Cl)COc1ccc2c(c1)O[C@@H](CO)CO2. The van der Waals surface area contributed by atoms with Crippen LogP contribution in [-0.2, 0) is 0 Å². The summed E-state index contributed by atoms with van der Waals surface area (Å²) < 4.78 is 16.3. The summed E-state index contributed by atoms with van der Waals surface area (Å²) in [5.74, 6) is 1.83. The Morgan fingerprint density at radius 2 is 2.35 bits per heavy atom. The Labute approximate surface area is 104 Å². The second-order valence-corrected chi connectivity index (χ2v) is 4.18. The van der Waals surface area contributed by atoms with Crippen molar-refractivity contribution in [3.05, 3.63) is 29.8 Å². The Morgan fingerprint density at radius 1 is 1.53 bits per heavy atom. The van der Waals surface area contributed by atoms with E-state index in [1.165, 1.54) is 0 Å². The van der Waals surface area contributed by atoms with Crippen molar-refractivity contribution in [2.75, 3.05) is 19.8 Å². The van der Waals surface area contributed by atoms with Gasteiger partial charge in [-0.25, -0.2) is 0 Å². The van der Waals surface area contributed by atoms with Crippen LogP contribution in [-0.4, -0.2) is 31.0 Å². The van der Waals surface area contributed by atoms with E-state index in [9.17, 15) is 0 Å². The number of rotatable bonds is 4. The first-order chi connectivity index (χ1) is 8.19. The minimum absolute atomic E-state index is 0.0803. The largest absolute Gasteiger partial charge is 0.488 e. The monoisotopic (exact) mass is 256 g/mol. The first-order valence-corrected chi connectivity index (χ1v) is 5.57. The van der Waals surface area contributed by atoms with Gasteiger partial charge in [0.25, 0.3) is 0 Å². The Kier molecular flexibility index (Phi) is 3.76. The smallest absolute Gasteiger partial charge is 0.165 e. The molecular formula is C12H13ClO4. The molecule has 0 saturated heterocycles. The van der Waals surface area contributed by atoms with Gasteiger partial charge in [0.05, 0.1) is 6.61 Å². The summed E-state index contributed by atoms with van der Waals surface area (Å²) in [7, 11) is 0. The normalized spacial score (nSPS) is 17.6. The topological polar surface area (TPSA) is 47.9 Å². The minimum atomic E-state index is -0.333. The van der Waals surface area contributed by atoms with Crippen LogP contribution in [0.2, 0.25) is 0 Å². The molecule has 1 aromatic rings. The van der Waals surface area contributed by atoms with Gasteiger partial charge in [-0.1, -0.05) is 18.2 Å². The number of hydrogen-bond donors (Lipinski definition) is 1. The molecule has 0 saturated carbocycles. The number of fused-ring (bicyclic) bond motifs is 1. The van der Waals surface area contributed by atoms with E-state index >= 15 is 0 Å². The van der Waals surface area contributed by atoms with Crippen molar-refractivity contribution >= 4 is 11.6 Å². The van der Waals surface area contributed by atoms with Crippen LogP contribution in [0.1, 0.15) is 0 Å². The first-order valence-electron chi connectivity index (χ1n) is 5.19. The van der Waals surface area contributed by atoms with E-state index in [1.807, 2.05) is 0 Å². The number of halogens is 1. The molecule has 0 aliphatic carbocycles. The van der Waals surface area contributed by atoms with E-state index in [1.54, 1.807) is 18.2 Å². The molecule has 1 N–H and O–H groups in total. The van der Waals surface area contributed by atoms with Crippen LogP contribution < -0.4 is 14.2 Å². The highest BCUT2D eigenvalue weighted by Gasteiger charge is 2.20. The number of aliphatic hydroxyl groups excluding tert-OH is 1. The number of ether oxygens (including phenoxy) is 3. The van der Waals surface area contributed by atoms with Crippen molar-refractivity contribution < 1.29 is 19.3 Å². The lowest BCUT2D eigenvalue weighted by molar-refractivity contribution is 0.0453. The fourth-order valence-electron chi connectivity index (χ4n) is 1.44. The third-order valence-electron chi connectivity index (χ3n) is 2.23. The Hall–Kier alpha value is -1.39. The average Bonchev–Trinajstić information content (AvgIpc) is 2.35. The van der Waals surface area contributed by atoms with Gasteiger partial charge in [0, 0.05) is 11.1 Å². The van der Waals surface area contributed by atoms with Crippen molar-refractivity contribution in [1.82, 2.24) is 0 Å². The van der Waals surface area contributed by atoms with Crippen LogP contribution in [0.3, 0.4) is 0 Å². The molecule has 5 heteroatoms. The molecule has 2 rings (SSSR count). The lowest BCUT2D eigenvalue weighted by Gasteiger charge is -2.25. The quantitative estimate of drug-likeness (QED) is 0.895. The fraction of sp³-hybridized carbons (Fsp3) is 0.333. The molecule has 0 amide bonds. The summed E-state index contributed by atoms with van der Waals surface area (Å²) in [5.41, 5.74) is 0. The molecule has 1 aromatic carbocycles. The number of aliphatic hydroxyl groups is 1. The highest BCUT2D eigenvalue weighted by atomic mass is 35.5. The molecule has 0 unspecified atom stereocenters. The van der Waals surface area contributed by atoms with Crippen molar-refractivity contribution in [1.29, 1.82) is 0 Å². The minimum Gasteiger partial charge on any atom is -0.488 e. The van der Waals surface area contributed by atoms with E-state index in [0.29, 0.717) is 28.9 Å². The average molecular weight is 257 g/mol. The van der Waals surface area contributed by atoms with Crippen molar-refractivity contribution in [3.63, 3.8) is 0 Å². The molecule has 0 bridgehead atoms. The van der Waals surface area contributed by atoms with E-state index in [0.717, 1.165) is 0 Å². The summed E-state index contributed by atoms with van der Waals surface area (Å²) in [4.78, 5) is 0. The number of hydrogen-bond acceptors (Lipinski definition) is 4. The Bertz CT molecular complexity index is 419. The summed E-state index contributed by atoms with van der Waals surface area (Å²) in [6, 6.07) is 5.23. The third kappa shape index (κ3) is 3.05. The zero-order valence-electron chi connectivity index (χ0n) is 9.19. The van der Waals surface area contributed by atoms with E-state index in [-0.39, 0.29) is 19.3 Å². The van der Waals surface area contributed by atoms with Crippen LogP contribution in [0.15, 0.2) is 29.8 Å². The first kappa shape index (κ1) is 12.1. The predicted molar refractivity (Wildman–Crippen MR) is 63.9 cm³/mol. The molecule has 0 radical (unpaired) electrons. The third-order valence-corrected chi connectivity index (χ3v) is 2.34. The second-order valence-electron chi connectivity index (χ2n) is 3.65. The van der Waals surface area contributed by atoms with Crippen LogP contribution in [0.25, 0.3) is 0 Å². The molecule has 1 aliphatic heterocycles. The summed E-state index contributed by atoms with van der Waals surface area (Å²) in [5, 5.41) is 9.42. The van der Waals surface area contributed by atoms with Gasteiger partial charge >= 0.3 is 0 Å². The van der Waals surface area contributed by atoms with Gasteiger partial charge in [-0.15, -0.1) is 0 Å². The maximum atomic E-state index is 9.00. The van der Waals surface area contributed by atoms with Gasteiger partial charge in [-0.05, 0) is 12.1 Å². The van der Waals surface area contributed by atoms with Crippen LogP contribution in [0.4, 0.5) is 0 Å². The molecule has 17 heavy (non-hydrogen) atoms. The highest BCUT2D eigenvalue weighted by molar-refractivity contribution is 6.29. The molecule has 0 fully saturated rings. The maximum absolute atomic E-state index is 9.00. The lowest BCUT2D eigenvalue weighted by atomic mass is 10.2. The standard InChI is InChI=1S/C12H13ClO4/c1-8(13)6-15-9-2-3-11-12(4-9)17-10(5-14)7-16-11/h2-4,10,14H,1,5-7H2/t10-/m0/s1. The predicted octanol–water partition coefficient (Wildman–Crippen LogP) is 1.95. The maximum Gasteiger partial charge on any atom is 0.165 e. The van der Waals surface area contributed by atoms with Crippen LogP contribution >= 0.6 is 11.6 Å². The van der Waals surface area contributed by atoms with Gasteiger partial charge in [0.1, 0.15) is 19.0 Å². The van der Waals surface area contributed by atoms with E-state index in [2.05, 4.69) is 6.58 Å². The fourth-order valence-corrected chi connectivity index (χ4v) is 1.49. The summed E-state index contributed by atoms with van der Waals surface area (Å²) in [6.45, 7) is 4.04. The van der Waals surface area contributed by atoms with Gasteiger partial charge in [0.2, 0.25) is 0 Å². The summed E-state index contributed by atoms with van der Waals surface area (Å²) in [6.07, 6.45) is -0.333. The highest BCUT2D eigenvalue weighted by Crippen LogP contribution is 2.35. The number of benzene rings is 1. The zero-order chi connectivity index (χ0) is 12.3. The Morgan fingerprint density at radius 3 is 3.06 bits per heavy atom. The zero-order valence-corrected chi connectivity index (χ0v) is 9.94. The summed E-state index contributed by atoms with van der Waals surface area (Å²) >= 11 is 5.61. The molecule has 1 heterocycles. The van der Waals surface area contributed by atoms with Crippen LogP contribution in [0.5, 0.6) is 17.2 Å². The van der Waals surface area contributed by atoms with E-state index in [4.69, 9.17) is 30.9 Å². The van der Waals surface area contributed by atoms with Crippen molar-refractivity contribution in [2.24, 2.45) is 0 Å². The van der Waals surface area contributed by atoms with Gasteiger partial charge in [-0.3, -0.25) is 0 Å². The molecule has 1 aliphatic rings. The van der Waals surface area contributed by atoms with Gasteiger partial charge in [-0.2, -0.15) is 0 Å². The van der Waals surface area contributed by atoms with Gasteiger partial charge < -0.3 is 19.3 Å². The molecular weight excluding hydrogens is 244 g/mol. The van der Waals surface area contributed by atoms with Crippen molar-refractivity contribution in [3.8, 4) is 17.2 Å². The molecule has 92 valence electrons. The van der Waals surface area contributed by atoms with Gasteiger partial charge in [0.15, 0.2) is 17.6 Å². The van der Waals surface area contributed by atoms with E-state index < -0.39 is 0 Å². The lowest BCUT2D eigenvalue weighted by Crippen LogP contribution is -2.32. The molecule has 0 spiro atoms. The molecule has 0 aromatic heterocycles. The van der Waals surface area contributed by atoms with Crippen LogP contribution in [0, 0.1) is 0 Å². The Balaban J connectivity index is 2.09.